The van der Waals surface area contributed by atoms with Crippen molar-refractivity contribution in [2.45, 2.75) is 25.5 Å². The van der Waals surface area contributed by atoms with Crippen molar-refractivity contribution < 1.29 is 5.11 Å². The van der Waals surface area contributed by atoms with E-state index in [4.69, 9.17) is 5.11 Å². The molecule has 0 amide bonds. The Morgan fingerprint density at radius 1 is 1.05 bits per heavy atom. The molecule has 1 fully saturated rings. The summed E-state index contributed by atoms with van der Waals surface area (Å²) < 4.78 is 0. The van der Waals surface area contributed by atoms with Crippen molar-refractivity contribution in [3.05, 3.63) is 54.4 Å². The summed E-state index contributed by atoms with van der Waals surface area (Å²) in [6.07, 6.45) is 5.96. The first kappa shape index (κ1) is 13.9. The molecule has 0 radical (unpaired) electrons. The third-order valence-corrected chi connectivity index (χ3v) is 4.03. The molecule has 0 spiro atoms. The fourth-order valence-electron chi connectivity index (χ4n) is 2.78. The fraction of sp³-hybridized carbons (Fsp3) is 0.353. The highest BCUT2D eigenvalue weighted by Gasteiger charge is 2.19. The summed E-state index contributed by atoms with van der Waals surface area (Å²) >= 11 is 0. The molecule has 2 aromatic rings. The lowest BCUT2D eigenvalue weighted by molar-refractivity contribution is 0.282. The van der Waals surface area contributed by atoms with Crippen molar-refractivity contribution in [3.8, 4) is 0 Å². The van der Waals surface area contributed by atoms with Gasteiger partial charge < -0.3 is 15.3 Å². The highest BCUT2D eigenvalue weighted by atomic mass is 16.3. The van der Waals surface area contributed by atoms with Crippen LogP contribution in [-0.2, 0) is 6.61 Å². The van der Waals surface area contributed by atoms with E-state index in [1.807, 2.05) is 36.7 Å². The Labute approximate surface area is 125 Å². The maximum atomic E-state index is 9.06. The van der Waals surface area contributed by atoms with Crippen LogP contribution in [0.4, 0.5) is 11.4 Å². The Hall–Kier alpha value is -2.07. The Morgan fingerprint density at radius 2 is 1.71 bits per heavy atom. The average Bonchev–Trinajstić information content (AvgIpc) is 2.57. The van der Waals surface area contributed by atoms with Gasteiger partial charge in [-0.15, -0.1) is 0 Å². The minimum atomic E-state index is 0.102. The quantitative estimate of drug-likeness (QED) is 0.905. The molecule has 2 heterocycles. The van der Waals surface area contributed by atoms with Gasteiger partial charge in [-0.05, 0) is 42.7 Å². The maximum absolute atomic E-state index is 9.06. The van der Waals surface area contributed by atoms with E-state index >= 15 is 0 Å². The number of aliphatic hydroxyl groups is 1. The Bertz CT molecular complexity index is 548. The Morgan fingerprint density at radius 3 is 2.33 bits per heavy atom. The lowest BCUT2D eigenvalue weighted by Gasteiger charge is -2.34. The fourth-order valence-corrected chi connectivity index (χ4v) is 2.78. The largest absolute Gasteiger partial charge is 0.392 e. The molecule has 0 unspecified atom stereocenters. The molecular weight excluding hydrogens is 262 g/mol. The summed E-state index contributed by atoms with van der Waals surface area (Å²) in [6.45, 7) is 2.23. The molecule has 4 heteroatoms. The number of hydrogen-bond acceptors (Lipinski definition) is 4. The Kier molecular flexibility index (Phi) is 4.36. The van der Waals surface area contributed by atoms with Gasteiger partial charge in [-0.3, -0.25) is 4.98 Å². The number of aliphatic hydroxyl groups excluding tert-OH is 1. The number of pyridine rings is 1. The second-order valence-electron chi connectivity index (χ2n) is 5.47. The predicted octanol–water partition coefficient (Wildman–Crippen LogP) is 2.65. The highest BCUT2D eigenvalue weighted by molar-refractivity contribution is 5.47. The van der Waals surface area contributed by atoms with E-state index in [1.54, 1.807) is 0 Å². The summed E-state index contributed by atoms with van der Waals surface area (Å²) in [5, 5.41) is 12.6. The predicted molar refractivity (Wildman–Crippen MR) is 85.5 cm³/mol. The average molecular weight is 283 g/mol. The SMILES string of the molecule is OCc1ccc(NC2CCN(c3ccncc3)CC2)cc1. The van der Waals surface area contributed by atoms with Crippen molar-refractivity contribution >= 4 is 11.4 Å². The molecule has 110 valence electrons. The van der Waals surface area contributed by atoms with Gasteiger partial charge in [-0.25, -0.2) is 0 Å². The summed E-state index contributed by atoms with van der Waals surface area (Å²) in [5.74, 6) is 0. The standard InChI is InChI=1S/C17H21N3O/c21-13-14-1-3-15(4-2-14)19-16-7-11-20(12-8-16)17-5-9-18-10-6-17/h1-6,9-10,16,19,21H,7-8,11-13H2. The number of rotatable bonds is 4. The first-order valence-corrected chi connectivity index (χ1v) is 7.46. The molecule has 21 heavy (non-hydrogen) atoms. The van der Waals surface area contributed by atoms with Crippen molar-refractivity contribution in [2.24, 2.45) is 0 Å². The van der Waals surface area contributed by atoms with Gasteiger partial charge in [0.1, 0.15) is 0 Å². The van der Waals surface area contributed by atoms with E-state index < -0.39 is 0 Å². The van der Waals surface area contributed by atoms with Crippen LogP contribution in [0.3, 0.4) is 0 Å². The molecule has 0 atom stereocenters. The summed E-state index contributed by atoms with van der Waals surface area (Å²) in [5.41, 5.74) is 3.35. The third-order valence-electron chi connectivity index (χ3n) is 4.03. The molecule has 1 aromatic carbocycles. The minimum absolute atomic E-state index is 0.102. The Balaban J connectivity index is 1.53. The molecule has 3 rings (SSSR count). The zero-order valence-electron chi connectivity index (χ0n) is 12.1. The zero-order valence-corrected chi connectivity index (χ0v) is 12.1. The van der Waals surface area contributed by atoms with Gasteiger partial charge in [0.05, 0.1) is 6.61 Å². The van der Waals surface area contributed by atoms with Crippen LogP contribution >= 0.6 is 0 Å². The van der Waals surface area contributed by atoms with Crippen molar-refractivity contribution in [1.82, 2.24) is 4.98 Å². The first-order valence-electron chi connectivity index (χ1n) is 7.46. The van der Waals surface area contributed by atoms with Crippen LogP contribution in [0.2, 0.25) is 0 Å². The number of benzene rings is 1. The smallest absolute Gasteiger partial charge is 0.0681 e. The van der Waals surface area contributed by atoms with Gasteiger partial charge in [-0.2, -0.15) is 0 Å². The number of aromatic nitrogens is 1. The van der Waals surface area contributed by atoms with E-state index in [1.165, 1.54) is 5.69 Å². The molecular formula is C17H21N3O. The van der Waals surface area contributed by atoms with Gasteiger partial charge in [-0.1, -0.05) is 12.1 Å². The van der Waals surface area contributed by atoms with Crippen molar-refractivity contribution in [3.63, 3.8) is 0 Å². The molecule has 4 nitrogen and oxygen atoms in total. The summed E-state index contributed by atoms with van der Waals surface area (Å²) in [4.78, 5) is 6.48. The van der Waals surface area contributed by atoms with E-state index in [-0.39, 0.29) is 6.61 Å². The molecule has 0 aliphatic carbocycles. The van der Waals surface area contributed by atoms with Gasteiger partial charge in [0, 0.05) is 42.9 Å². The lowest BCUT2D eigenvalue weighted by atomic mass is 10.0. The first-order chi connectivity index (χ1) is 10.3. The van der Waals surface area contributed by atoms with Crippen LogP contribution in [0.15, 0.2) is 48.8 Å². The summed E-state index contributed by atoms with van der Waals surface area (Å²) in [7, 11) is 0. The van der Waals surface area contributed by atoms with Gasteiger partial charge in [0.25, 0.3) is 0 Å². The third kappa shape index (κ3) is 3.52. The number of nitrogens with zero attached hydrogens (tertiary/aromatic N) is 2. The molecule has 2 N–H and O–H groups in total. The number of piperidine rings is 1. The molecule has 1 aromatic heterocycles. The van der Waals surface area contributed by atoms with E-state index in [9.17, 15) is 0 Å². The van der Waals surface area contributed by atoms with Crippen LogP contribution in [0.25, 0.3) is 0 Å². The zero-order chi connectivity index (χ0) is 14.5. The van der Waals surface area contributed by atoms with Gasteiger partial charge in [0.2, 0.25) is 0 Å². The van der Waals surface area contributed by atoms with E-state index in [0.717, 1.165) is 37.2 Å². The maximum Gasteiger partial charge on any atom is 0.0681 e. The highest BCUT2D eigenvalue weighted by Crippen LogP contribution is 2.21. The van der Waals surface area contributed by atoms with Crippen LogP contribution < -0.4 is 10.2 Å². The number of nitrogens with one attached hydrogen (secondary N) is 1. The van der Waals surface area contributed by atoms with Crippen LogP contribution in [0.1, 0.15) is 18.4 Å². The van der Waals surface area contributed by atoms with Crippen molar-refractivity contribution in [1.29, 1.82) is 0 Å². The molecule has 0 bridgehead atoms. The molecule has 1 saturated heterocycles. The van der Waals surface area contributed by atoms with Crippen LogP contribution in [0.5, 0.6) is 0 Å². The number of hydrogen-bond donors (Lipinski definition) is 2. The number of anilines is 2. The van der Waals surface area contributed by atoms with Crippen LogP contribution in [0, 0.1) is 0 Å². The molecule has 1 aliphatic rings. The normalized spacial score (nSPS) is 16.0. The summed E-state index contributed by atoms with van der Waals surface area (Å²) in [6, 6.07) is 12.7. The van der Waals surface area contributed by atoms with Crippen molar-refractivity contribution in [2.75, 3.05) is 23.3 Å². The van der Waals surface area contributed by atoms with E-state index in [0.29, 0.717) is 6.04 Å². The lowest BCUT2D eigenvalue weighted by Crippen LogP contribution is -2.39. The van der Waals surface area contributed by atoms with Gasteiger partial charge >= 0.3 is 0 Å². The monoisotopic (exact) mass is 283 g/mol. The topological polar surface area (TPSA) is 48.4 Å². The molecule has 1 aliphatic heterocycles. The molecule has 0 saturated carbocycles. The van der Waals surface area contributed by atoms with E-state index in [2.05, 4.69) is 27.3 Å². The van der Waals surface area contributed by atoms with Gasteiger partial charge in [0.15, 0.2) is 0 Å². The second-order valence-corrected chi connectivity index (χ2v) is 5.47. The minimum Gasteiger partial charge on any atom is -0.392 e. The van der Waals surface area contributed by atoms with Crippen LogP contribution in [-0.4, -0.2) is 29.2 Å². The second kappa shape index (κ2) is 6.59.